The van der Waals surface area contributed by atoms with Gasteiger partial charge in [0.05, 0.1) is 0 Å². The Morgan fingerprint density at radius 2 is 1.24 bits per heavy atom. The van der Waals surface area contributed by atoms with Crippen molar-refractivity contribution in [1.82, 2.24) is 0 Å². The molecule has 0 fully saturated rings. The molecule has 21 heavy (non-hydrogen) atoms. The number of rotatable bonds is 3. The van der Waals surface area contributed by atoms with Crippen LogP contribution in [0.3, 0.4) is 0 Å². The van der Waals surface area contributed by atoms with Crippen LogP contribution >= 0.6 is 0 Å². The van der Waals surface area contributed by atoms with Gasteiger partial charge in [-0.3, -0.25) is 0 Å². The van der Waals surface area contributed by atoms with E-state index in [2.05, 4.69) is 48.5 Å². The highest BCUT2D eigenvalue weighted by Crippen LogP contribution is 2.34. The molecule has 1 heteroatoms. The molecule has 0 bridgehead atoms. The predicted molar refractivity (Wildman–Crippen MR) is 86.7 cm³/mol. The van der Waals surface area contributed by atoms with Crippen LogP contribution < -0.4 is 0 Å². The Morgan fingerprint density at radius 3 is 1.71 bits per heavy atom. The van der Waals surface area contributed by atoms with E-state index >= 15 is 0 Å². The molecule has 0 atom stereocenters. The van der Waals surface area contributed by atoms with Crippen LogP contribution in [0.1, 0.15) is 28.2 Å². The van der Waals surface area contributed by atoms with Gasteiger partial charge in [-0.15, -0.1) is 0 Å². The molecule has 0 aliphatic rings. The van der Waals surface area contributed by atoms with E-state index in [-0.39, 0.29) is 5.92 Å². The third-order valence-corrected chi connectivity index (χ3v) is 3.83. The summed E-state index contributed by atoms with van der Waals surface area (Å²) < 4.78 is 0. The average molecular weight is 274 g/mol. The van der Waals surface area contributed by atoms with E-state index in [1.165, 1.54) is 16.7 Å². The molecule has 0 spiro atoms. The molecule has 3 aromatic carbocycles. The van der Waals surface area contributed by atoms with Crippen molar-refractivity contribution in [1.29, 1.82) is 0 Å². The standard InChI is InChI=1S/C20H18O/c1-15-14-18(21)12-13-19(15)20(16-8-4-2-5-9-16)17-10-6-3-7-11-17/h2-14,20-21H,1H3. The SMILES string of the molecule is Cc1cc(O)ccc1C(c1ccccc1)c1ccccc1. The van der Waals surface area contributed by atoms with Crippen molar-refractivity contribution < 1.29 is 5.11 Å². The second-order valence-corrected chi connectivity index (χ2v) is 5.30. The molecule has 0 aliphatic carbocycles. The summed E-state index contributed by atoms with van der Waals surface area (Å²) in [6.07, 6.45) is 0. The summed E-state index contributed by atoms with van der Waals surface area (Å²) in [5.41, 5.74) is 4.85. The lowest BCUT2D eigenvalue weighted by Crippen LogP contribution is -2.05. The van der Waals surface area contributed by atoms with Gasteiger partial charge in [-0.2, -0.15) is 0 Å². The van der Waals surface area contributed by atoms with Crippen LogP contribution in [0.5, 0.6) is 5.75 Å². The molecular formula is C20H18O. The van der Waals surface area contributed by atoms with Crippen molar-refractivity contribution in [3.8, 4) is 5.75 Å². The number of aromatic hydroxyl groups is 1. The maximum absolute atomic E-state index is 9.66. The molecule has 1 nitrogen and oxygen atoms in total. The van der Waals surface area contributed by atoms with Gasteiger partial charge >= 0.3 is 0 Å². The van der Waals surface area contributed by atoms with Crippen molar-refractivity contribution in [2.24, 2.45) is 0 Å². The highest BCUT2D eigenvalue weighted by molar-refractivity contribution is 5.47. The van der Waals surface area contributed by atoms with E-state index in [1.807, 2.05) is 31.2 Å². The van der Waals surface area contributed by atoms with Gasteiger partial charge in [-0.05, 0) is 41.3 Å². The van der Waals surface area contributed by atoms with Gasteiger partial charge in [0.25, 0.3) is 0 Å². The largest absolute Gasteiger partial charge is 0.508 e. The van der Waals surface area contributed by atoms with Crippen molar-refractivity contribution in [2.75, 3.05) is 0 Å². The molecular weight excluding hydrogens is 256 g/mol. The summed E-state index contributed by atoms with van der Waals surface area (Å²) in [5.74, 6) is 0.504. The average Bonchev–Trinajstić information content (AvgIpc) is 2.52. The number of phenols is 1. The van der Waals surface area contributed by atoms with Crippen LogP contribution in [0.15, 0.2) is 78.9 Å². The van der Waals surface area contributed by atoms with Crippen LogP contribution in [-0.2, 0) is 0 Å². The molecule has 0 radical (unpaired) electrons. The number of benzene rings is 3. The first-order valence-electron chi connectivity index (χ1n) is 7.15. The Hall–Kier alpha value is -2.54. The third-order valence-electron chi connectivity index (χ3n) is 3.83. The smallest absolute Gasteiger partial charge is 0.115 e. The monoisotopic (exact) mass is 274 g/mol. The minimum atomic E-state index is 0.188. The zero-order valence-corrected chi connectivity index (χ0v) is 12.0. The Balaban J connectivity index is 2.17. The maximum Gasteiger partial charge on any atom is 0.115 e. The van der Waals surface area contributed by atoms with Crippen LogP contribution in [-0.4, -0.2) is 5.11 Å². The molecule has 3 aromatic rings. The van der Waals surface area contributed by atoms with E-state index in [4.69, 9.17) is 0 Å². The fourth-order valence-corrected chi connectivity index (χ4v) is 2.83. The molecule has 0 unspecified atom stereocenters. The van der Waals surface area contributed by atoms with Gasteiger partial charge in [0.2, 0.25) is 0 Å². The lowest BCUT2D eigenvalue weighted by Gasteiger charge is -2.21. The first kappa shape index (κ1) is 13.4. The highest BCUT2D eigenvalue weighted by atomic mass is 16.3. The fourth-order valence-electron chi connectivity index (χ4n) is 2.83. The van der Waals surface area contributed by atoms with E-state index < -0.39 is 0 Å². The Labute approximate surface area is 125 Å². The van der Waals surface area contributed by atoms with E-state index in [9.17, 15) is 5.11 Å². The second-order valence-electron chi connectivity index (χ2n) is 5.30. The zero-order chi connectivity index (χ0) is 14.7. The second kappa shape index (κ2) is 5.84. The van der Waals surface area contributed by atoms with Crippen molar-refractivity contribution in [2.45, 2.75) is 12.8 Å². The number of hydrogen-bond donors (Lipinski definition) is 1. The first-order valence-corrected chi connectivity index (χ1v) is 7.15. The molecule has 1 N–H and O–H groups in total. The van der Waals surface area contributed by atoms with Crippen LogP contribution in [0, 0.1) is 6.92 Å². The zero-order valence-electron chi connectivity index (χ0n) is 12.0. The molecule has 0 aromatic heterocycles. The fraction of sp³-hybridized carbons (Fsp3) is 0.100. The van der Waals surface area contributed by atoms with Crippen molar-refractivity contribution in [3.63, 3.8) is 0 Å². The molecule has 0 amide bonds. The van der Waals surface area contributed by atoms with Crippen molar-refractivity contribution >= 4 is 0 Å². The van der Waals surface area contributed by atoms with Gasteiger partial charge in [0, 0.05) is 5.92 Å². The minimum absolute atomic E-state index is 0.188. The molecule has 0 heterocycles. The number of aryl methyl sites for hydroxylation is 1. The van der Waals surface area contributed by atoms with Crippen LogP contribution in [0.4, 0.5) is 0 Å². The molecule has 0 aliphatic heterocycles. The normalized spacial score (nSPS) is 10.8. The van der Waals surface area contributed by atoms with Gasteiger partial charge < -0.3 is 5.11 Å². The Bertz CT molecular complexity index is 678. The number of phenolic OH excluding ortho intramolecular Hbond substituents is 1. The van der Waals surface area contributed by atoms with E-state index in [1.54, 1.807) is 6.07 Å². The molecule has 104 valence electrons. The maximum atomic E-state index is 9.66. The lowest BCUT2D eigenvalue weighted by atomic mass is 9.83. The van der Waals surface area contributed by atoms with Gasteiger partial charge in [0.1, 0.15) is 5.75 Å². The molecule has 0 saturated heterocycles. The topological polar surface area (TPSA) is 20.2 Å². The lowest BCUT2D eigenvalue weighted by molar-refractivity contribution is 0.474. The highest BCUT2D eigenvalue weighted by Gasteiger charge is 2.18. The Morgan fingerprint density at radius 1 is 0.714 bits per heavy atom. The Kier molecular flexibility index (Phi) is 3.74. The summed E-state index contributed by atoms with van der Waals surface area (Å²) in [4.78, 5) is 0. The quantitative estimate of drug-likeness (QED) is 0.675. The van der Waals surface area contributed by atoms with Gasteiger partial charge in [-0.1, -0.05) is 66.7 Å². The van der Waals surface area contributed by atoms with Crippen LogP contribution in [0.2, 0.25) is 0 Å². The predicted octanol–water partition coefficient (Wildman–Crippen LogP) is 4.88. The third kappa shape index (κ3) is 2.82. The van der Waals surface area contributed by atoms with E-state index in [0.717, 1.165) is 5.56 Å². The molecule has 0 saturated carbocycles. The summed E-state index contributed by atoms with van der Waals surface area (Å²) in [6, 6.07) is 26.6. The summed E-state index contributed by atoms with van der Waals surface area (Å²) >= 11 is 0. The minimum Gasteiger partial charge on any atom is -0.508 e. The van der Waals surface area contributed by atoms with E-state index in [0.29, 0.717) is 5.75 Å². The van der Waals surface area contributed by atoms with Crippen LogP contribution in [0.25, 0.3) is 0 Å². The summed E-state index contributed by atoms with van der Waals surface area (Å²) in [7, 11) is 0. The van der Waals surface area contributed by atoms with Gasteiger partial charge in [-0.25, -0.2) is 0 Å². The summed E-state index contributed by atoms with van der Waals surface area (Å²) in [5, 5.41) is 9.66. The molecule has 3 rings (SSSR count). The van der Waals surface area contributed by atoms with Gasteiger partial charge in [0.15, 0.2) is 0 Å². The number of hydrogen-bond acceptors (Lipinski definition) is 1. The first-order chi connectivity index (χ1) is 10.3. The summed E-state index contributed by atoms with van der Waals surface area (Å²) in [6.45, 7) is 2.05. The van der Waals surface area contributed by atoms with Crippen molar-refractivity contribution in [3.05, 3.63) is 101 Å².